The molecule has 1 aromatic heterocycles. The highest BCUT2D eigenvalue weighted by Crippen LogP contribution is 2.32. The van der Waals surface area contributed by atoms with Crippen LogP contribution in [0.2, 0.25) is 0 Å². The summed E-state index contributed by atoms with van der Waals surface area (Å²) in [5.74, 6) is 0.595. The van der Waals surface area contributed by atoms with Gasteiger partial charge in [0.25, 0.3) is 0 Å². The molecule has 0 radical (unpaired) electrons. The number of nitrogens with one attached hydrogen (secondary N) is 1. The molecule has 0 bridgehead atoms. The summed E-state index contributed by atoms with van der Waals surface area (Å²) in [7, 11) is -3.39. The molecule has 5 rings (SSSR count). The number of nitrogens with zero attached hydrogens (tertiary/aromatic N) is 2. The van der Waals surface area contributed by atoms with Crippen molar-refractivity contribution in [3.63, 3.8) is 0 Å². The third-order valence-corrected chi connectivity index (χ3v) is 8.74. The topological polar surface area (TPSA) is 88.6 Å². The Bertz CT molecular complexity index is 1250. The molecule has 1 saturated heterocycles. The van der Waals surface area contributed by atoms with Crippen molar-refractivity contribution in [1.29, 1.82) is 0 Å². The first-order chi connectivity index (χ1) is 16.0. The van der Waals surface area contributed by atoms with Gasteiger partial charge in [-0.1, -0.05) is 30.3 Å². The molecule has 33 heavy (non-hydrogen) atoms. The van der Waals surface area contributed by atoms with Gasteiger partial charge in [-0.2, -0.15) is 0 Å². The van der Waals surface area contributed by atoms with E-state index in [-0.39, 0.29) is 17.6 Å². The smallest absolute Gasteiger partial charge is 0.229 e. The van der Waals surface area contributed by atoms with Crippen LogP contribution in [0.15, 0.2) is 53.9 Å². The Morgan fingerprint density at radius 3 is 2.73 bits per heavy atom. The molecule has 0 atom stereocenters. The van der Waals surface area contributed by atoms with Gasteiger partial charge in [0.05, 0.1) is 18.1 Å². The van der Waals surface area contributed by atoms with Gasteiger partial charge < -0.3 is 10.1 Å². The average molecular weight is 484 g/mol. The fourth-order valence-electron chi connectivity index (χ4n) is 4.29. The van der Waals surface area contributed by atoms with Crippen molar-refractivity contribution in [2.45, 2.75) is 25.0 Å². The van der Waals surface area contributed by atoms with E-state index < -0.39 is 10.0 Å². The van der Waals surface area contributed by atoms with E-state index in [0.717, 1.165) is 29.0 Å². The largest absolute Gasteiger partial charge is 0.493 e. The maximum absolute atomic E-state index is 12.8. The molecule has 2 aliphatic heterocycles. The normalized spacial score (nSPS) is 16.8. The van der Waals surface area contributed by atoms with Crippen molar-refractivity contribution in [2.75, 3.05) is 25.0 Å². The lowest BCUT2D eigenvalue weighted by atomic mass is 9.97. The van der Waals surface area contributed by atoms with Crippen LogP contribution in [0, 0.1) is 5.92 Å². The highest BCUT2D eigenvalue weighted by molar-refractivity contribution is 7.88. The minimum Gasteiger partial charge on any atom is -0.493 e. The third kappa shape index (κ3) is 4.95. The second kappa shape index (κ2) is 9.24. The first-order valence-corrected chi connectivity index (χ1v) is 13.5. The molecule has 1 fully saturated rings. The second-order valence-electron chi connectivity index (χ2n) is 8.36. The molecule has 0 spiro atoms. The summed E-state index contributed by atoms with van der Waals surface area (Å²) in [6.45, 7) is 1.42. The fraction of sp³-hybridized carbons (Fsp3) is 0.333. The monoisotopic (exact) mass is 483 g/mol. The molecule has 172 valence electrons. The van der Waals surface area contributed by atoms with Crippen molar-refractivity contribution in [3.05, 3.63) is 65.0 Å². The SMILES string of the molecule is O=C(Nc1nc(-c2ccc3c(c2)CCO3)cs1)C1CCN(S(=O)(=O)Cc2ccccc2)CC1. The van der Waals surface area contributed by atoms with Crippen LogP contribution in [-0.4, -0.2) is 43.3 Å². The Balaban J connectivity index is 1.17. The maximum atomic E-state index is 12.8. The number of anilines is 1. The number of carbonyl (C=O) groups is 1. The molecule has 3 aromatic rings. The summed E-state index contributed by atoms with van der Waals surface area (Å²) in [5.41, 5.74) is 3.78. The molecule has 1 amide bonds. The number of carbonyl (C=O) groups excluding carboxylic acids is 1. The van der Waals surface area contributed by atoms with Crippen LogP contribution in [0.5, 0.6) is 5.75 Å². The molecule has 7 nitrogen and oxygen atoms in total. The lowest BCUT2D eigenvalue weighted by Gasteiger charge is -2.30. The van der Waals surface area contributed by atoms with Gasteiger partial charge in [0.1, 0.15) is 5.75 Å². The number of fused-ring (bicyclic) bond motifs is 1. The summed E-state index contributed by atoms with van der Waals surface area (Å²) >= 11 is 1.40. The van der Waals surface area contributed by atoms with Crippen LogP contribution < -0.4 is 10.1 Å². The van der Waals surface area contributed by atoms with E-state index in [2.05, 4.69) is 16.4 Å². The van der Waals surface area contributed by atoms with Crippen molar-refractivity contribution < 1.29 is 17.9 Å². The average Bonchev–Trinajstić information content (AvgIpc) is 3.48. The van der Waals surface area contributed by atoms with Crippen molar-refractivity contribution in [3.8, 4) is 17.0 Å². The van der Waals surface area contributed by atoms with E-state index >= 15 is 0 Å². The quantitative estimate of drug-likeness (QED) is 0.574. The van der Waals surface area contributed by atoms with Crippen LogP contribution >= 0.6 is 11.3 Å². The molecule has 0 saturated carbocycles. The zero-order valence-electron chi connectivity index (χ0n) is 18.1. The predicted molar refractivity (Wildman–Crippen MR) is 129 cm³/mol. The van der Waals surface area contributed by atoms with E-state index in [4.69, 9.17) is 4.74 Å². The van der Waals surface area contributed by atoms with Gasteiger partial charge in [-0.15, -0.1) is 11.3 Å². The van der Waals surface area contributed by atoms with Crippen LogP contribution in [0.25, 0.3) is 11.3 Å². The zero-order chi connectivity index (χ0) is 22.8. The fourth-order valence-corrected chi connectivity index (χ4v) is 6.58. The highest BCUT2D eigenvalue weighted by Gasteiger charge is 2.31. The van der Waals surface area contributed by atoms with Crippen molar-refractivity contribution in [1.82, 2.24) is 9.29 Å². The number of piperidine rings is 1. The molecule has 9 heteroatoms. The minimum absolute atomic E-state index is 0.0125. The van der Waals surface area contributed by atoms with Gasteiger partial charge in [-0.05, 0) is 42.2 Å². The molecule has 0 aliphatic carbocycles. The van der Waals surface area contributed by atoms with E-state index in [0.29, 0.717) is 37.7 Å². The minimum atomic E-state index is -3.39. The molecule has 1 N–H and O–H groups in total. The first-order valence-electron chi connectivity index (χ1n) is 11.0. The zero-order valence-corrected chi connectivity index (χ0v) is 19.7. The lowest BCUT2D eigenvalue weighted by molar-refractivity contribution is -0.120. The molecule has 3 heterocycles. The van der Waals surface area contributed by atoms with Crippen LogP contribution in [0.3, 0.4) is 0 Å². The summed E-state index contributed by atoms with van der Waals surface area (Å²) in [4.78, 5) is 17.4. The van der Waals surface area contributed by atoms with E-state index in [1.54, 1.807) is 0 Å². The summed E-state index contributed by atoms with van der Waals surface area (Å²) < 4.78 is 32.5. The van der Waals surface area contributed by atoms with Gasteiger partial charge in [0.15, 0.2) is 5.13 Å². The summed E-state index contributed by atoms with van der Waals surface area (Å²) in [6, 6.07) is 15.2. The van der Waals surface area contributed by atoms with E-state index in [9.17, 15) is 13.2 Å². The van der Waals surface area contributed by atoms with Crippen LogP contribution in [0.4, 0.5) is 5.13 Å². The number of rotatable bonds is 6. The number of sulfonamides is 1. The van der Waals surface area contributed by atoms with Crippen LogP contribution in [0.1, 0.15) is 24.0 Å². The number of hydrogen-bond donors (Lipinski definition) is 1. The summed E-state index contributed by atoms with van der Waals surface area (Å²) in [6.07, 6.45) is 1.91. The maximum Gasteiger partial charge on any atom is 0.229 e. The summed E-state index contributed by atoms with van der Waals surface area (Å²) in [5, 5.41) is 5.42. The van der Waals surface area contributed by atoms with Crippen molar-refractivity contribution in [2.24, 2.45) is 5.92 Å². The van der Waals surface area contributed by atoms with Gasteiger partial charge in [-0.3, -0.25) is 4.79 Å². The van der Waals surface area contributed by atoms with Gasteiger partial charge >= 0.3 is 0 Å². The Hall–Kier alpha value is -2.75. The number of benzene rings is 2. The van der Waals surface area contributed by atoms with E-state index in [1.165, 1.54) is 21.2 Å². The standard InChI is InChI=1S/C24H25N3O4S2/c28-23(18-8-11-27(12-9-18)33(29,30)16-17-4-2-1-3-5-17)26-24-25-21(15-32-24)19-6-7-22-20(14-19)10-13-31-22/h1-7,14-15,18H,8-13,16H2,(H,25,26,28). The van der Waals surface area contributed by atoms with Gasteiger partial charge in [0.2, 0.25) is 15.9 Å². The Labute approximate surface area is 197 Å². The van der Waals surface area contributed by atoms with Crippen molar-refractivity contribution >= 4 is 32.4 Å². The molecule has 2 aromatic carbocycles. The predicted octanol–water partition coefficient (Wildman–Crippen LogP) is 3.93. The van der Waals surface area contributed by atoms with Crippen LogP contribution in [-0.2, 0) is 27.0 Å². The van der Waals surface area contributed by atoms with Gasteiger partial charge in [0, 0.05) is 36.4 Å². The number of ether oxygens (including phenoxy) is 1. The molecule has 0 unspecified atom stereocenters. The number of thiazole rings is 1. The Kier molecular flexibility index (Phi) is 6.18. The highest BCUT2D eigenvalue weighted by atomic mass is 32.2. The lowest BCUT2D eigenvalue weighted by Crippen LogP contribution is -2.41. The Morgan fingerprint density at radius 1 is 1.15 bits per heavy atom. The third-order valence-electron chi connectivity index (χ3n) is 6.13. The Morgan fingerprint density at radius 2 is 1.94 bits per heavy atom. The van der Waals surface area contributed by atoms with E-state index in [1.807, 2.05) is 47.8 Å². The van der Waals surface area contributed by atoms with Gasteiger partial charge in [-0.25, -0.2) is 17.7 Å². The number of amides is 1. The molecular formula is C24H25N3O4S2. The molecule has 2 aliphatic rings. The first kappa shape index (κ1) is 22.1. The second-order valence-corrected chi connectivity index (χ2v) is 11.2. The number of hydrogen-bond acceptors (Lipinski definition) is 6. The molecular weight excluding hydrogens is 458 g/mol. The number of aromatic nitrogens is 1.